The zero-order chi connectivity index (χ0) is 15.5. The van der Waals surface area contributed by atoms with Crippen LogP contribution in [0.3, 0.4) is 0 Å². The van der Waals surface area contributed by atoms with Gasteiger partial charge < -0.3 is 17.2 Å². The largest absolute Gasteiger partial charge is 0.399 e. The molecule has 110 valence electrons. The van der Waals surface area contributed by atoms with Gasteiger partial charge in [-0.25, -0.2) is 0 Å². The molecular weight excluding hydrogens is 262 g/mol. The summed E-state index contributed by atoms with van der Waals surface area (Å²) in [6, 6.07) is 16.6. The summed E-state index contributed by atoms with van der Waals surface area (Å²) >= 11 is 0. The smallest absolute Gasteiger partial charge is 0.235 e. The Morgan fingerprint density at radius 2 is 1.81 bits per heavy atom. The minimum absolute atomic E-state index is 0.509. The molecule has 0 aliphatic rings. The lowest BCUT2D eigenvalue weighted by molar-refractivity contribution is -0.120. The maximum Gasteiger partial charge on any atom is 0.235 e. The molecule has 0 saturated carbocycles. The van der Waals surface area contributed by atoms with E-state index in [1.807, 2.05) is 61.5 Å². The number of benzene rings is 2. The van der Waals surface area contributed by atoms with Crippen molar-refractivity contribution in [3.8, 4) is 0 Å². The summed E-state index contributed by atoms with van der Waals surface area (Å²) in [5, 5.41) is 0. The summed E-state index contributed by atoms with van der Waals surface area (Å²) in [4.78, 5) is 11.6. The lowest BCUT2D eigenvalue weighted by atomic mass is 9.71. The molecule has 2 rings (SSSR count). The molecule has 0 spiro atoms. The summed E-state index contributed by atoms with van der Waals surface area (Å²) in [7, 11) is 0. The third-order valence-corrected chi connectivity index (χ3v) is 3.95. The van der Waals surface area contributed by atoms with Crippen LogP contribution in [0.1, 0.15) is 18.1 Å². The van der Waals surface area contributed by atoms with Crippen LogP contribution in [0.15, 0.2) is 54.6 Å². The van der Waals surface area contributed by atoms with Crippen LogP contribution >= 0.6 is 0 Å². The van der Waals surface area contributed by atoms with Gasteiger partial charge in [0.1, 0.15) is 0 Å². The molecule has 2 atom stereocenters. The lowest BCUT2D eigenvalue weighted by Crippen LogP contribution is -2.52. The van der Waals surface area contributed by atoms with E-state index in [0.29, 0.717) is 12.1 Å². The van der Waals surface area contributed by atoms with Crippen LogP contribution < -0.4 is 17.2 Å². The van der Waals surface area contributed by atoms with Gasteiger partial charge in [-0.05, 0) is 29.7 Å². The minimum atomic E-state index is -0.777. The Morgan fingerprint density at radius 3 is 2.38 bits per heavy atom. The molecule has 0 radical (unpaired) electrons. The van der Waals surface area contributed by atoms with Crippen LogP contribution in [0.5, 0.6) is 0 Å². The number of primary amides is 1. The van der Waals surface area contributed by atoms with Crippen LogP contribution in [0.4, 0.5) is 5.69 Å². The van der Waals surface area contributed by atoms with Gasteiger partial charge in [0, 0.05) is 11.1 Å². The van der Waals surface area contributed by atoms with E-state index >= 15 is 0 Å². The normalized spacial score (nSPS) is 15.1. The maximum absolute atomic E-state index is 11.6. The van der Waals surface area contributed by atoms with Crippen molar-refractivity contribution in [2.24, 2.45) is 11.5 Å². The second kappa shape index (κ2) is 5.97. The minimum Gasteiger partial charge on any atom is -0.399 e. The summed E-state index contributed by atoms with van der Waals surface area (Å²) in [5.41, 5.74) is 19.5. The Bertz CT molecular complexity index is 627. The average Bonchev–Trinajstić information content (AvgIpc) is 2.47. The molecular formula is C17H21N3O. The summed E-state index contributed by atoms with van der Waals surface area (Å²) in [6.45, 7) is 1.96. The van der Waals surface area contributed by atoms with E-state index in [4.69, 9.17) is 17.2 Å². The number of hydrogen-bond acceptors (Lipinski definition) is 3. The maximum atomic E-state index is 11.6. The van der Waals surface area contributed by atoms with Crippen LogP contribution in [-0.2, 0) is 16.6 Å². The van der Waals surface area contributed by atoms with Gasteiger partial charge in [0.05, 0.1) is 6.04 Å². The van der Waals surface area contributed by atoms with E-state index in [1.165, 1.54) is 0 Å². The van der Waals surface area contributed by atoms with Gasteiger partial charge in [-0.2, -0.15) is 0 Å². The molecule has 4 heteroatoms. The topological polar surface area (TPSA) is 95.1 Å². The number of hydrogen-bond donors (Lipinski definition) is 3. The molecule has 0 aliphatic carbocycles. The van der Waals surface area contributed by atoms with Gasteiger partial charge in [0.15, 0.2) is 0 Å². The Hall–Kier alpha value is -2.33. The first-order chi connectivity index (χ1) is 9.93. The highest BCUT2D eigenvalue weighted by molar-refractivity contribution is 5.81. The van der Waals surface area contributed by atoms with Crippen molar-refractivity contribution in [1.29, 1.82) is 0 Å². The fourth-order valence-electron chi connectivity index (χ4n) is 2.65. The molecule has 0 saturated heterocycles. The molecule has 2 aromatic carbocycles. The predicted octanol–water partition coefficient (Wildman–Crippen LogP) is 1.58. The Kier molecular flexibility index (Phi) is 4.29. The van der Waals surface area contributed by atoms with Crippen molar-refractivity contribution in [3.63, 3.8) is 0 Å². The molecule has 21 heavy (non-hydrogen) atoms. The van der Waals surface area contributed by atoms with Gasteiger partial charge in [-0.3, -0.25) is 4.79 Å². The van der Waals surface area contributed by atoms with E-state index in [2.05, 4.69) is 0 Å². The average molecular weight is 283 g/mol. The molecule has 2 unspecified atom stereocenters. The van der Waals surface area contributed by atoms with Crippen molar-refractivity contribution < 1.29 is 4.79 Å². The van der Waals surface area contributed by atoms with Crippen molar-refractivity contribution >= 4 is 11.6 Å². The SMILES string of the molecule is CC(Cc1cccc(N)c1)(c1ccccc1)C(N)C(N)=O. The van der Waals surface area contributed by atoms with Crippen LogP contribution in [0.25, 0.3) is 0 Å². The molecule has 0 aromatic heterocycles. The second-order valence-electron chi connectivity index (χ2n) is 5.59. The monoisotopic (exact) mass is 283 g/mol. The first-order valence-corrected chi connectivity index (χ1v) is 6.88. The first kappa shape index (κ1) is 15.1. The predicted molar refractivity (Wildman–Crippen MR) is 85.5 cm³/mol. The third kappa shape index (κ3) is 3.23. The number of anilines is 1. The number of rotatable bonds is 5. The number of amides is 1. The van der Waals surface area contributed by atoms with Crippen molar-refractivity contribution in [1.82, 2.24) is 0 Å². The van der Waals surface area contributed by atoms with E-state index in [0.717, 1.165) is 11.1 Å². The summed E-state index contributed by atoms with van der Waals surface area (Å²) in [5.74, 6) is -0.509. The molecule has 0 aliphatic heterocycles. The first-order valence-electron chi connectivity index (χ1n) is 6.88. The third-order valence-electron chi connectivity index (χ3n) is 3.95. The standard InChI is InChI=1S/C17H21N3O/c1-17(15(19)16(20)21,13-7-3-2-4-8-13)11-12-6-5-9-14(18)10-12/h2-10,15H,11,18-19H2,1H3,(H2,20,21). The van der Waals surface area contributed by atoms with E-state index in [9.17, 15) is 4.79 Å². The number of nitrogen functional groups attached to an aromatic ring is 1. The number of carbonyl (C=O) groups excluding carboxylic acids is 1. The van der Waals surface area contributed by atoms with Crippen LogP contribution in [0, 0.1) is 0 Å². The highest BCUT2D eigenvalue weighted by Gasteiger charge is 2.37. The Labute approximate surface area is 124 Å². The van der Waals surface area contributed by atoms with Gasteiger partial charge in [0.2, 0.25) is 5.91 Å². The quantitative estimate of drug-likeness (QED) is 0.727. The summed E-state index contributed by atoms with van der Waals surface area (Å²) < 4.78 is 0. The highest BCUT2D eigenvalue weighted by Crippen LogP contribution is 2.31. The Morgan fingerprint density at radius 1 is 1.14 bits per heavy atom. The van der Waals surface area contributed by atoms with E-state index in [-0.39, 0.29) is 0 Å². The molecule has 1 amide bonds. The molecule has 0 bridgehead atoms. The van der Waals surface area contributed by atoms with Gasteiger partial charge in [0.25, 0.3) is 0 Å². The molecule has 2 aromatic rings. The summed E-state index contributed by atoms with van der Waals surface area (Å²) in [6.07, 6.45) is 0.589. The van der Waals surface area contributed by atoms with Crippen molar-refractivity contribution in [3.05, 3.63) is 65.7 Å². The van der Waals surface area contributed by atoms with E-state index < -0.39 is 17.4 Å². The Balaban J connectivity index is 2.44. The molecule has 4 nitrogen and oxygen atoms in total. The van der Waals surface area contributed by atoms with Crippen molar-refractivity contribution in [2.45, 2.75) is 24.8 Å². The second-order valence-corrected chi connectivity index (χ2v) is 5.59. The van der Waals surface area contributed by atoms with Gasteiger partial charge >= 0.3 is 0 Å². The molecule has 0 heterocycles. The van der Waals surface area contributed by atoms with Crippen molar-refractivity contribution in [2.75, 3.05) is 5.73 Å². The fourth-order valence-corrected chi connectivity index (χ4v) is 2.65. The zero-order valence-electron chi connectivity index (χ0n) is 12.1. The number of nitrogens with two attached hydrogens (primary N) is 3. The fraction of sp³-hybridized carbons (Fsp3) is 0.235. The van der Waals surface area contributed by atoms with Gasteiger partial charge in [-0.15, -0.1) is 0 Å². The van der Waals surface area contributed by atoms with Crippen LogP contribution in [0.2, 0.25) is 0 Å². The molecule has 0 fully saturated rings. The molecule has 6 N–H and O–H groups in total. The number of carbonyl (C=O) groups is 1. The van der Waals surface area contributed by atoms with Crippen LogP contribution in [-0.4, -0.2) is 11.9 Å². The zero-order valence-corrected chi connectivity index (χ0v) is 12.1. The highest BCUT2D eigenvalue weighted by atomic mass is 16.1. The van der Waals surface area contributed by atoms with Gasteiger partial charge in [-0.1, -0.05) is 49.4 Å². The van der Waals surface area contributed by atoms with E-state index in [1.54, 1.807) is 0 Å². The lowest BCUT2D eigenvalue weighted by Gasteiger charge is -2.34.